The number of hydrogen-bond acceptors (Lipinski definition) is 5. The van der Waals surface area contributed by atoms with Gasteiger partial charge in [0.05, 0.1) is 25.9 Å². The molecule has 2 aromatic rings. The molecule has 1 saturated heterocycles. The minimum atomic E-state index is -0.717. The minimum absolute atomic E-state index is 0.00490. The average Bonchev–Trinajstić information content (AvgIpc) is 3.44. The third-order valence-corrected chi connectivity index (χ3v) is 7.71. The molecular weight excluding hydrogens is 530 g/mol. The van der Waals surface area contributed by atoms with Crippen LogP contribution in [0.15, 0.2) is 60.7 Å². The Bertz CT molecular complexity index is 1100. The summed E-state index contributed by atoms with van der Waals surface area (Å²) in [6, 6.07) is 18.8. The minimum Gasteiger partial charge on any atom is -0.375 e. The second-order valence-electron chi connectivity index (χ2n) is 12.3. The number of unbranched alkanes of at least 4 members (excludes halogenated alkanes) is 2. The molecule has 230 valence electrons. The maximum atomic E-state index is 13.9. The highest BCUT2D eigenvalue weighted by molar-refractivity contribution is 5.91. The Balaban J connectivity index is 1.60. The topological polar surface area (TPSA) is 97.0 Å². The van der Waals surface area contributed by atoms with Gasteiger partial charge in [-0.3, -0.25) is 19.2 Å². The van der Waals surface area contributed by atoms with Crippen LogP contribution in [-0.2, 0) is 37.2 Å². The lowest BCUT2D eigenvalue weighted by molar-refractivity contribution is -0.143. The molecule has 3 rings (SSSR count). The highest BCUT2D eigenvalue weighted by Gasteiger charge is 2.40. The van der Waals surface area contributed by atoms with Crippen LogP contribution < -0.4 is 10.8 Å². The first kappa shape index (κ1) is 33.3. The van der Waals surface area contributed by atoms with Crippen LogP contribution in [0.2, 0.25) is 0 Å². The molecule has 0 saturated carbocycles. The van der Waals surface area contributed by atoms with E-state index in [1.54, 1.807) is 0 Å². The molecule has 3 atom stereocenters. The molecule has 0 bridgehead atoms. The lowest BCUT2D eigenvalue weighted by Gasteiger charge is -2.36. The Kier molecular flexibility index (Phi) is 13.5. The van der Waals surface area contributed by atoms with Crippen molar-refractivity contribution in [2.24, 2.45) is 11.3 Å². The number of carbonyl (C=O) groups excluding carboxylic acids is 3. The van der Waals surface area contributed by atoms with Gasteiger partial charge in [-0.1, -0.05) is 108 Å². The fraction of sp³-hybridized carbons (Fsp3) is 0.559. The number of carbonyl (C=O) groups is 3. The molecule has 2 N–H and O–H groups in total. The summed E-state index contributed by atoms with van der Waals surface area (Å²) in [7, 11) is 0. The first-order chi connectivity index (χ1) is 20.2. The molecule has 0 spiro atoms. The van der Waals surface area contributed by atoms with Gasteiger partial charge in [-0.25, -0.2) is 5.48 Å². The van der Waals surface area contributed by atoms with Crippen LogP contribution in [0, 0.1) is 11.3 Å². The van der Waals surface area contributed by atoms with Gasteiger partial charge >= 0.3 is 0 Å². The predicted molar refractivity (Wildman–Crippen MR) is 164 cm³/mol. The van der Waals surface area contributed by atoms with Gasteiger partial charge in [-0.2, -0.15) is 0 Å². The molecule has 2 aromatic carbocycles. The largest absolute Gasteiger partial charge is 0.375 e. The van der Waals surface area contributed by atoms with E-state index in [9.17, 15) is 14.4 Å². The Morgan fingerprint density at radius 2 is 1.60 bits per heavy atom. The maximum absolute atomic E-state index is 13.9. The van der Waals surface area contributed by atoms with Crippen LogP contribution in [0.5, 0.6) is 0 Å². The number of hydrogen-bond donors (Lipinski definition) is 2. The van der Waals surface area contributed by atoms with Crippen molar-refractivity contribution in [2.45, 2.75) is 97.9 Å². The van der Waals surface area contributed by atoms with E-state index in [4.69, 9.17) is 9.57 Å². The van der Waals surface area contributed by atoms with Crippen molar-refractivity contribution in [1.29, 1.82) is 0 Å². The summed E-state index contributed by atoms with van der Waals surface area (Å²) in [5.41, 5.74) is 4.00. The number of hydroxylamine groups is 1. The zero-order chi connectivity index (χ0) is 30.4. The molecule has 0 aliphatic carbocycles. The Labute approximate surface area is 251 Å². The maximum Gasteiger partial charge on any atom is 0.246 e. The molecule has 3 unspecified atom stereocenters. The first-order valence-electron chi connectivity index (χ1n) is 15.4. The zero-order valence-corrected chi connectivity index (χ0v) is 25.8. The number of benzene rings is 2. The van der Waals surface area contributed by atoms with Gasteiger partial charge in [0.15, 0.2) is 0 Å². The summed E-state index contributed by atoms with van der Waals surface area (Å²) in [6.07, 6.45) is 5.13. The van der Waals surface area contributed by atoms with Crippen molar-refractivity contribution >= 4 is 17.7 Å². The van der Waals surface area contributed by atoms with Crippen LogP contribution in [0.3, 0.4) is 0 Å². The number of likely N-dealkylation sites (tertiary alicyclic amines) is 1. The molecular formula is C34H49N3O5. The number of nitrogens with zero attached hydrogens (tertiary/aromatic N) is 1. The number of ether oxygens (including phenoxy) is 1. The molecule has 0 radical (unpaired) electrons. The standard InChI is InChI=1S/C34H49N3O5/c1-5-6-9-19-28(22-30(38)36-42-24-27-17-12-8-13-18-27)32(39)35-31(34(2,3)4)33(40)37-21-14-20-29(37)25-41-23-26-15-10-7-11-16-26/h7-8,10-13,15-18,28-29,31H,5-6,9,14,19-25H2,1-4H3,(H,35,39)(H,36,38). The average molecular weight is 580 g/mol. The number of amides is 3. The Hall–Kier alpha value is -3.23. The van der Waals surface area contributed by atoms with Gasteiger partial charge < -0.3 is 15.0 Å². The molecule has 42 heavy (non-hydrogen) atoms. The second-order valence-corrected chi connectivity index (χ2v) is 12.3. The second kappa shape index (κ2) is 17.0. The molecule has 3 amide bonds. The van der Waals surface area contributed by atoms with E-state index < -0.39 is 17.4 Å². The van der Waals surface area contributed by atoms with E-state index >= 15 is 0 Å². The van der Waals surface area contributed by atoms with E-state index in [0.29, 0.717) is 26.2 Å². The van der Waals surface area contributed by atoms with Crippen molar-refractivity contribution in [1.82, 2.24) is 15.7 Å². The predicted octanol–water partition coefficient (Wildman–Crippen LogP) is 5.56. The van der Waals surface area contributed by atoms with Gasteiger partial charge in [0, 0.05) is 18.9 Å². The van der Waals surface area contributed by atoms with Crippen molar-refractivity contribution in [3.05, 3.63) is 71.8 Å². The van der Waals surface area contributed by atoms with E-state index in [1.165, 1.54) is 0 Å². The molecule has 1 aliphatic rings. The third kappa shape index (κ3) is 10.9. The lowest BCUT2D eigenvalue weighted by Crippen LogP contribution is -2.57. The van der Waals surface area contributed by atoms with Gasteiger partial charge in [-0.05, 0) is 35.8 Å². The third-order valence-electron chi connectivity index (χ3n) is 7.71. The van der Waals surface area contributed by atoms with E-state index in [2.05, 4.69) is 17.7 Å². The molecule has 1 heterocycles. The van der Waals surface area contributed by atoms with E-state index in [0.717, 1.165) is 43.2 Å². The van der Waals surface area contributed by atoms with E-state index in [-0.39, 0.29) is 36.8 Å². The number of nitrogens with one attached hydrogen (secondary N) is 2. The van der Waals surface area contributed by atoms with Crippen molar-refractivity contribution in [2.75, 3.05) is 13.2 Å². The Morgan fingerprint density at radius 3 is 2.21 bits per heavy atom. The fourth-order valence-electron chi connectivity index (χ4n) is 5.27. The summed E-state index contributed by atoms with van der Waals surface area (Å²) in [5.74, 6) is -1.27. The van der Waals surface area contributed by atoms with Crippen molar-refractivity contribution in [3.63, 3.8) is 0 Å². The Morgan fingerprint density at radius 1 is 0.952 bits per heavy atom. The van der Waals surface area contributed by atoms with E-state index in [1.807, 2.05) is 86.3 Å². The summed E-state index contributed by atoms with van der Waals surface area (Å²) < 4.78 is 5.99. The quantitative estimate of drug-likeness (QED) is 0.201. The first-order valence-corrected chi connectivity index (χ1v) is 15.4. The lowest BCUT2D eigenvalue weighted by atomic mass is 9.84. The van der Waals surface area contributed by atoms with Crippen LogP contribution in [0.25, 0.3) is 0 Å². The van der Waals surface area contributed by atoms with Gasteiger partial charge in [-0.15, -0.1) is 0 Å². The van der Waals surface area contributed by atoms with Crippen molar-refractivity contribution < 1.29 is 24.0 Å². The van der Waals surface area contributed by atoms with Crippen LogP contribution in [-0.4, -0.2) is 47.9 Å². The monoisotopic (exact) mass is 579 g/mol. The van der Waals surface area contributed by atoms with Crippen molar-refractivity contribution in [3.8, 4) is 0 Å². The van der Waals surface area contributed by atoms with Gasteiger partial charge in [0.25, 0.3) is 0 Å². The smallest absolute Gasteiger partial charge is 0.246 e. The summed E-state index contributed by atoms with van der Waals surface area (Å²) in [6.45, 7) is 9.82. The van der Waals surface area contributed by atoms with Crippen LogP contribution in [0.4, 0.5) is 0 Å². The van der Waals surface area contributed by atoms with Crippen LogP contribution in [0.1, 0.15) is 83.8 Å². The molecule has 1 aliphatic heterocycles. The number of rotatable bonds is 16. The molecule has 8 heteroatoms. The summed E-state index contributed by atoms with van der Waals surface area (Å²) in [4.78, 5) is 47.6. The summed E-state index contributed by atoms with van der Waals surface area (Å²) >= 11 is 0. The summed E-state index contributed by atoms with van der Waals surface area (Å²) in [5, 5.41) is 3.06. The molecule has 1 fully saturated rings. The normalized spacial score (nSPS) is 16.6. The van der Waals surface area contributed by atoms with Gasteiger partial charge in [0.2, 0.25) is 17.7 Å². The van der Waals surface area contributed by atoms with Crippen LogP contribution >= 0.6 is 0 Å². The van der Waals surface area contributed by atoms with Gasteiger partial charge in [0.1, 0.15) is 6.04 Å². The highest BCUT2D eigenvalue weighted by Crippen LogP contribution is 2.27. The zero-order valence-electron chi connectivity index (χ0n) is 25.8. The molecule has 8 nitrogen and oxygen atoms in total. The highest BCUT2D eigenvalue weighted by atomic mass is 16.6. The molecule has 0 aromatic heterocycles. The SMILES string of the molecule is CCCCCC(CC(=O)NOCc1ccccc1)C(=O)NC(C(=O)N1CCCC1COCc1ccccc1)C(C)(C)C. The fourth-order valence-corrected chi connectivity index (χ4v) is 5.27.